The van der Waals surface area contributed by atoms with Gasteiger partial charge in [-0.25, -0.2) is 0 Å². The summed E-state index contributed by atoms with van der Waals surface area (Å²) in [6, 6.07) is 5.47. The fourth-order valence-corrected chi connectivity index (χ4v) is 3.55. The summed E-state index contributed by atoms with van der Waals surface area (Å²) in [5.41, 5.74) is 0.919. The van der Waals surface area contributed by atoms with Crippen LogP contribution in [0.5, 0.6) is 0 Å². The van der Waals surface area contributed by atoms with E-state index >= 15 is 0 Å². The molecule has 1 saturated heterocycles. The maximum absolute atomic E-state index is 12.3. The van der Waals surface area contributed by atoms with Crippen molar-refractivity contribution >= 4 is 5.91 Å². The molecule has 1 saturated carbocycles. The summed E-state index contributed by atoms with van der Waals surface area (Å²) in [5, 5.41) is 9.64. The van der Waals surface area contributed by atoms with Crippen LogP contribution in [0, 0.1) is 5.41 Å². The lowest BCUT2D eigenvalue weighted by Crippen LogP contribution is -2.45. The van der Waals surface area contributed by atoms with Crippen LogP contribution >= 0.6 is 0 Å². The number of hydrogen-bond donors (Lipinski definition) is 1. The lowest BCUT2D eigenvalue weighted by Gasteiger charge is -2.45. The molecule has 0 atom stereocenters. The smallest absolute Gasteiger partial charge is 0.272 e. The summed E-state index contributed by atoms with van der Waals surface area (Å²) in [7, 11) is 0. The predicted octanol–water partition coefficient (Wildman–Crippen LogP) is 2.24. The zero-order chi connectivity index (χ0) is 14.0. The van der Waals surface area contributed by atoms with Crippen molar-refractivity contribution in [2.24, 2.45) is 5.41 Å². The number of amides is 1. The van der Waals surface area contributed by atoms with Gasteiger partial charge in [-0.1, -0.05) is 6.07 Å². The number of aliphatic hydroxyl groups excluding tert-OH is 1. The lowest BCUT2D eigenvalue weighted by molar-refractivity contribution is 0.0166. The van der Waals surface area contributed by atoms with Crippen LogP contribution in [0.15, 0.2) is 24.4 Å². The maximum Gasteiger partial charge on any atom is 0.272 e. The quantitative estimate of drug-likeness (QED) is 0.854. The van der Waals surface area contributed by atoms with E-state index in [1.165, 1.54) is 0 Å². The standard InChI is InChI=1S/C16H22N2O2/c19-13-4-6-16(7-5-13)8-11-18(12-9-16)15(20)14-3-1-2-10-17-14/h1-3,10,13,19H,4-9,11-12H2. The van der Waals surface area contributed by atoms with Gasteiger partial charge >= 0.3 is 0 Å². The number of aliphatic hydroxyl groups is 1. The number of likely N-dealkylation sites (tertiary alicyclic amines) is 1. The molecule has 0 bridgehead atoms. The minimum absolute atomic E-state index is 0.0521. The van der Waals surface area contributed by atoms with Gasteiger partial charge in [0.1, 0.15) is 5.69 Å². The topological polar surface area (TPSA) is 53.4 Å². The molecule has 2 aliphatic rings. The number of hydrogen-bond acceptors (Lipinski definition) is 3. The highest BCUT2D eigenvalue weighted by Gasteiger charge is 2.38. The van der Waals surface area contributed by atoms with Crippen molar-refractivity contribution in [3.05, 3.63) is 30.1 Å². The van der Waals surface area contributed by atoms with Crippen LogP contribution in [0.1, 0.15) is 49.0 Å². The van der Waals surface area contributed by atoms with Gasteiger partial charge in [-0.15, -0.1) is 0 Å². The second-order valence-electron chi connectivity index (χ2n) is 6.24. The number of rotatable bonds is 1. The Hall–Kier alpha value is -1.42. The number of carbonyl (C=O) groups is 1. The second-order valence-corrected chi connectivity index (χ2v) is 6.24. The van der Waals surface area contributed by atoms with E-state index in [4.69, 9.17) is 0 Å². The van der Waals surface area contributed by atoms with Crippen LogP contribution in [0.4, 0.5) is 0 Å². The van der Waals surface area contributed by atoms with Gasteiger partial charge in [-0.3, -0.25) is 9.78 Å². The first-order chi connectivity index (χ1) is 9.69. The Bertz CT molecular complexity index is 457. The Kier molecular flexibility index (Phi) is 3.74. The molecule has 1 amide bonds. The first kappa shape index (κ1) is 13.6. The highest BCUT2D eigenvalue weighted by atomic mass is 16.3. The molecule has 0 unspecified atom stereocenters. The number of nitrogens with zero attached hydrogens (tertiary/aromatic N) is 2. The summed E-state index contributed by atoms with van der Waals surface area (Å²) < 4.78 is 0. The summed E-state index contributed by atoms with van der Waals surface area (Å²) in [4.78, 5) is 18.4. The highest BCUT2D eigenvalue weighted by Crippen LogP contribution is 2.44. The number of aromatic nitrogens is 1. The largest absolute Gasteiger partial charge is 0.393 e. The van der Waals surface area contributed by atoms with E-state index in [2.05, 4.69) is 4.98 Å². The van der Waals surface area contributed by atoms with Gasteiger partial charge in [0.2, 0.25) is 0 Å². The monoisotopic (exact) mass is 274 g/mol. The SMILES string of the molecule is O=C(c1ccccn1)N1CCC2(CCC(O)CC2)CC1. The van der Waals surface area contributed by atoms with E-state index in [0.29, 0.717) is 11.1 Å². The molecule has 1 N–H and O–H groups in total. The van der Waals surface area contributed by atoms with E-state index in [1.807, 2.05) is 17.0 Å². The van der Waals surface area contributed by atoms with Crippen molar-refractivity contribution in [1.82, 2.24) is 9.88 Å². The van der Waals surface area contributed by atoms with Gasteiger partial charge in [0, 0.05) is 19.3 Å². The van der Waals surface area contributed by atoms with Gasteiger partial charge in [-0.05, 0) is 56.1 Å². The third-order valence-corrected chi connectivity index (χ3v) is 5.01. The van der Waals surface area contributed by atoms with E-state index < -0.39 is 0 Å². The molecule has 2 heterocycles. The fourth-order valence-electron chi connectivity index (χ4n) is 3.55. The lowest BCUT2D eigenvalue weighted by atomic mass is 9.67. The van der Waals surface area contributed by atoms with Gasteiger partial charge in [0.25, 0.3) is 5.91 Å². The average Bonchev–Trinajstić information content (AvgIpc) is 2.52. The van der Waals surface area contributed by atoms with E-state index in [1.54, 1.807) is 12.3 Å². The normalized spacial score (nSPS) is 22.9. The van der Waals surface area contributed by atoms with Gasteiger partial charge in [0.15, 0.2) is 0 Å². The minimum atomic E-state index is -0.103. The zero-order valence-electron chi connectivity index (χ0n) is 11.8. The van der Waals surface area contributed by atoms with Crippen molar-refractivity contribution in [3.8, 4) is 0 Å². The Morgan fingerprint density at radius 3 is 2.50 bits per heavy atom. The summed E-state index contributed by atoms with van der Waals surface area (Å²) in [6.45, 7) is 1.65. The summed E-state index contributed by atoms with van der Waals surface area (Å²) >= 11 is 0. The van der Waals surface area contributed by atoms with E-state index in [-0.39, 0.29) is 12.0 Å². The van der Waals surface area contributed by atoms with Crippen LogP contribution in [-0.4, -0.2) is 40.1 Å². The molecule has 20 heavy (non-hydrogen) atoms. The Balaban J connectivity index is 1.60. The molecular formula is C16H22N2O2. The molecule has 3 rings (SSSR count). The molecule has 0 aromatic carbocycles. The van der Waals surface area contributed by atoms with E-state index in [9.17, 15) is 9.90 Å². The van der Waals surface area contributed by atoms with Crippen molar-refractivity contribution in [3.63, 3.8) is 0 Å². The Morgan fingerprint density at radius 2 is 1.90 bits per heavy atom. The molecule has 1 aliphatic carbocycles. The van der Waals surface area contributed by atoms with Gasteiger partial charge in [-0.2, -0.15) is 0 Å². The van der Waals surface area contributed by atoms with Crippen LogP contribution in [0.3, 0.4) is 0 Å². The molecule has 1 aromatic heterocycles. The average molecular weight is 274 g/mol. The molecule has 0 radical (unpaired) electrons. The number of piperidine rings is 1. The fraction of sp³-hybridized carbons (Fsp3) is 0.625. The van der Waals surface area contributed by atoms with Crippen molar-refractivity contribution in [1.29, 1.82) is 0 Å². The van der Waals surface area contributed by atoms with Crippen LogP contribution in [-0.2, 0) is 0 Å². The Labute approximate surface area is 119 Å². The second kappa shape index (κ2) is 5.52. The molecule has 108 valence electrons. The predicted molar refractivity (Wildman–Crippen MR) is 76.3 cm³/mol. The van der Waals surface area contributed by atoms with Gasteiger partial charge in [0.05, 0.1) is 6.10 Å². The van der Waals surface area contributed by atoms with Gasteiger partial charge < -0.3 is 10.0 Å². The Morgan fingerprint density at radius 1 is 1.20 bits per heavy atom. The van der Waals surface area contributed by atoms with Crippen LogP contribution < -0.4 is 0 Å². The first-order valence-corrected chi connectivity index (χ1v) is 7.57. The molecule has 2 fully saturated rings. The van der Waals surface area contributed by atoms with Crippen molar-refractivity contribution in [2.75, 3.05) is 13.1 Å². The van der Waals surface area contributed by atoms with Crippen molar-refractivity contribution in [2.45, 2.75) is 44.6 Å². The summed E-state index contributed by atoms with van der Waals surface area (Å²) in [6.07, 6.45) is 7.77. The molecule has 4 heteroatoms. The maximum atomic E-state index is 12.3. The molecule has 4 nitrogen and oxygen atoms in total. The number of pyridine rings is 1. The third-order valence-electron chi connectivity index (χ3n) is 5.01. The molecular weight excluding hydrogens is 252 g/mol. The van der Waals surface area contributed by atoms with Crippen LogP contribution in [0.2, 0.25) is 0 Å². The number of carbonyl (C=O) groups excluding carboxylic acids is 1. The summed E-state index contributed by atoms with van der Waals surface area (Å²) in [5.74, 6) is 0.0521. The zero-order valence-corrected chi connectivity index (χ0v) is 11.8. The third kappa shape index (κ3) is 2.70. The van der Waals surface area contributed by atoms with Crippen LogP contribution in [0.25, 0.3) is 0 Å². The molecule has 1 aliphatic heterocycles. The van der Waals surface area contributed by atoms with Crippen molar-refractivity contribution < 1.29 is 9.90 Å². The molecule has 1 spiro atoms. The minimum Gasteiger partial charge on any atom is -0.393 e. The van der Waals surface area contributed by atoms with E-state index in [0.717, 1.165) is 51.6 Å². The molecule has 1 aromatic rings. The first-order valence-electron chi connectivity index (χ1n) is 7.57. The highest BCUT2D eigenvalue weighted by molar-refractivity contribution is 5.92.